The van der Waals surface area contributed by atoms with Crippen molar-refractivity contribution in [2.24, 2.45) is 0 Å². The third-order valence-electron chi connectivity index (χ3n) is 0.482. The van der Waals surface area contributed by atoms with Crippen LogP contribution in [0.1, 0.15) is 4.88 Å². The van der Waals surface area contributed by atoms with Crippen molar-refractivity contribution in [2.45, 2.75) is 6.92 Å². The molecule has 0 aliphatic carbocycles. The van der Waals surface area contributed by atoms with Crippen LogP contribution in [-0.2, 0) is 0 Å². The van der Waals surface area contributed by atoms with Gasteiger partial charge < -0.3 is 4.37 Å². The van der Waals surface area contributed by atoms with Gasteiger partial charge in [-0.25, -0.2) is 0 Å². The Balaban J connectivity index is 2.83. The van der Waals surface area contributed by atoms with E-state index in [2.05, 4.69) is 11.3 Å². The number of nitrogens with one attached hydrogen (secondary N) is 1. The molecule has 1 N–H and O–H groups in total. The van der Waals surface area contributed by atoms with E-state index in [1.807, 2.05) is 6.20 Å². The van der Waals surface area contributed by atoms with E-state index in [0.29, 0.717) is 0 Å². The van der Waals surface area contributed by atoms with E-state index in [9.17, 15) is 0 Å². The molecule has 1 aromatic heterocycles. The Hall–Kier alpha value is -0.240. The largest absolute Gasteiger partial charge is 0.317 e. The third kappa shape index (κ3) is 0.351. The minimum Gasteiger partial charge on any atom is -0.317 e. The second-order valence-corrected chi connectivity index (χ2v) is 2.06. The van der Waals surface area contributed by atoms with Gasteiger partial charge in [0.1, 0.15) is 0 Å². The lowest BCUT2D eigenvalue weighted by Crippen LogP contribution is -1.68. The fourth-order valence-electron chi connectivity index (χ4n) is 0.177. The van der Waals surface area contributed by atoms with Crippen molar-refractivity contribution in [2.75, 3.05) is 0 Å². The van der Waals surface area contributed by atoms with Gasteiger partial charge in [-0.3, -0.25) is 0 Å². The summed E-state index contributed by atoms with van der Waals surface area (Å²) in [6.45, 7) is 2.07. The summed E-state index contributed by atoms with van der Waals surface area (Å²) in [6.07, 6.45) is 1.98. The van der Waals surface area contributed by atoms with Gasteiger partial charge in [0.2, 0.25) is 0 Å². The molecule has 1 aromatic rings. The lowest BCUT2D eigenvalue weighted by molar-refractivity contribution is 1.41. The number of rotatable bonds is 0. The van der Waals surface area contributed by atoms with E-state index in [0.717, 1.165) is 0 Å². The summed E-state index contributed by atoms with van der Waals surface area (Å²) < 4.78 is 2.92. The van der Waals surface area contributed by atoms with Crippen LogP contribution >= 0.6 is 11.5 Å². The summed E-state index contributed by atoms with van der Waals surface area (Å²) in [6, 6.07) is 0. The first-order valence-corrected chi connectivity index (χ1v) is 2.30. The minimum atomic E-state index is 1.37. The van der Waals surface area contributed by atoms with Crippen LogP contribution in [0.3, 0.4) is 0 Å². The SMILES string of the molecule is Cc1c[nH]s1. The van der Waals surface area contributed by atoms with Crippen LogP contribution in [0.25, 0.3) is 0 Å². The van der Waals surface area contributed by atoms with E-state index >= 15 is 0 Å². The van der Waals surface area contributed by atoms with Gasteiger partial charge in [-0.15, -0.1) is 0 Å². The second-order valence-electron chi connectivity index (χ2n) is 0.975. The lowest BCUT2D eigenvalue weighted by atomic mass is 10.7. The highest BCUT2D eigenvalue weighted by Gasteiger charge is 1.76. The molecule has 0 radical (unpaired) electrons. The molecule has 28 valence electrons. The van der Waals surface area contributed by atoms with Crippen LogP contribution < -0.4 is 0 Å². The number of aryl methyl sites for hydroxylation is 1. The zero-order valence-electron chi connectivity index (χ0n) is 2.99. The molecule has 0 saturated heterocycles. The van der Waals surface area contributed by atoms with Crippen molar-refractivity contribution >= 4 is 11.5 Å². The first-order chi connectivity index (χ1) is 2.39. The van der Waals surface area contributed by atoms with Crippen molar-refractivity contribution in [1.82, 2.24) is 4.37 Å². The van der Waals surface area contributed by atoms with Crippen LogP contribution in [-0.4, -0.2) is 4.37 Å². The molecule has 1 nitrogen and oxygen atoms in total. The van der Waals surface area contributed by atoms with Gasteiger partial charge in [-0.2, -0.15) is 0 Å². The zero-order chi connectivity index (χ0) is 3.70. The smallest absolute Gasteiger partial charge is 0.0353 e. The van der Waals surface area contributed by atoms with Crippen molar-refractivity contribution < 1.29 is 0 Å². The molecule has 1 heterocycles. The van der Waals surface area contributed by atoms with Crippen LogP contribution in [0.4, 0.5) is 0 Å². The summed E-state index contributed by atoms with van der Waals surface area (Å²) >= 11 is 1.67. The number of aromatic amines is 1. The second kappa shape index (κ2) is 0.863. The summed E-state index contributed by atoms with van der Waals surface area (Å²) in [5.41, 5.74) is 0. The number of hydrogen-bond donors (Lipinski definition) is 1. The maximum Gasteiger partial charge on any atom is 0.0353 e. The summed E-state index contributed by atoms with van der Waals surface area (Å²) in [5, 5.41) is 0. The van der Waals surface area contributed by atoms with Gasteiger partial charge in [0.25, 0.3) is 0 Å². The van der Waals surface area contributed by atoms with Crippen LogP contribution in [0, 0.1) is 6.92 Å². The Morgan fingerprint density at radius 3 is 2.40 bits per heavy atom. The molecular formula is C3H5NS. The molecule has 0 saturated carbocycles. The van der Waals surface area contributed by atoms with Crippen LogP contribution in [0.2, 0.25) is 0 Å². The normalized spacial score (nSPS) is 9.00. The lowest BCUT2D eigenvalue weighted by Gasteiger charge is -1.86. The van der Waals surface area contributed by atoms with Crippen LogP contribution in [0.15, 0.2) is 6.20 Å². The van der Waals surface area contributed by atoms with E-state index < -0.39 is 0 Å². The van der Waals surface area contributed by atoms with Crippen LogP contribution in [0.5, 0.6) is 0 Å². The van der Waals surface area contributed by atoms with E-state index in [1.165, 1.54) is 4.88 Å². The number of hydrogen-bond acceptors (Lipinski definition) is 1. The Morgan fingerprint density at radius 2 is 2.40 bits per heavy atom. The third-order valence-corrected chi connectivity index (χ3v) is 1.16. The maximum atomic E-state index is 2.92. The fourth-order valence-corrected chi connectivity index (χ4v) is 0.530. The highest BCUT2D eigenvalue weighted by Crippen LogP contribution is 2.00. The van der Waals surface area contributed by atoms with Gasteiger partial charge in [0, 0.05) is 11.1 Å². The topological polar surface area (TPSA) is 15.8 Å². The molecule has 0 fully saturated rings. The van der Waals surface area contributed by atoms with Crippen molar-refractivity contribution in [3.63, 3.8) is 0 Å². The zero-order valence-corrected chi connectivity index (χ0v) is 3.80. The molecule has 0 unspecified atom stereocenters. The molecule has 5 heavy (non-hydrogen) atoms. The van der Waals surface area contributed by atoms with Crippen molar-refractivity contribution in [1.29, 1.82) is 0 Å². The van der Waals surface area contributed by atoms with Crippen molar-refractivity contribution in [3.05, 3.63) is 11.1 Å². The Kier molecular flexibility index (Phi) is 0.513. The highest BCUT2D eigenvalue weighted by molar-refractivity contribution is 7.06. The molecule has 1 rings (SSSR count). The molecule has 0 aliphatic rings. The Bertz CT molecular complexity index is 89.1. The first-order valence-electron chi connectivity index (χ1n) is 1.49. The van der Waals surface area contributed by atoms with E-state index in [1.54, 1.807) is 11.5 Å². The van der Waals surface area contributed by atoms with E-state index in [4.69, 9.17) is 0 Å². The minimum absolute atomic E-state index is 1.37. The quantitative estimate of drug-likeness (QED) is 0.492. The predicted molar refractivity (Wildman–Crippen MR) is 23.4 cm³/mol. The molecule has 0 amide bonds. The molecule has 0 spiro atoms. The molecule has 0 aromatic carbocycles. The number of H-pyrrole nitrogens is 1. The average Bonchev–Trinajstić information content (AvgIpc) is 1.30. The molecular weight excluding hydrogens is 82.1 g/mol. The van der Waals surface area contributed by atoms with Crippen molar-refractivity contribution in [3.8, 4) is 0 Å². The fraction of sp³-hybridized carbons (Fsp3) is 0.333. The molecule has 2 heteroatoms. The van der Waals surface area contributed by atoms with Gasteiger partial charge in [0.15, 0.2) is 0 Å². The molecule has 0 bridgehead atoms. The maximum absolute atomic E-state index is 2.92. The van der Waals surface area contributed by atoms with E-state index in [-0.39, 0.29) is 0 Å². The first kappa shape index (κ1) is 2.97. The highest BCUT2D eigenvalue weighted by atomic mass is 32.1. The standard InChI is InChI=1S/C3H5NS/c1-3-2-4-5-3/h2,4H,1H3. The molecule has 0 atom stereocenters. The summed E-state index contributed by atoms with van der Waals surface area (Å²) in [4.78, 5) is 1.37. The number of aromatic nitrogens is 1. The Morgan fingerprint density at radius 1 is 2.00 bits per heavy atom. The summed E-state index contributed by atoms with van der Waals surface area (Å²) in [7, 11) is 0. The molecule has 0 aliphatic heterocycles. The van der Waals surface area contributed by atoms with Gasteiger partial charge in [-0.1, -0.05) is 11.5 Å². The van der Waals surface area contributed by atoms with Gasteiger partial charge in [-0.05, 0) is 6.92 Å². The average molecular weight is 87.1 g/mol. The van der Waals surface area contributed by atoms with Gasteiger partial charge >= 0.3 is 0 Å². The Labute approximate surface area is 34.8 Å². The monoisotopic (exact) mass is 87.0 g/mol. The predicted octanol–water partition coefficient (Wildman–Crippen LogP) is 1.38. The van der Waals surface area contributed by atoms with Gasteiger partial charge in [0.05, 0.1) is 0 Å². The summed E-state index contributed by atoms with van der Waals surface area (Å²) in [5.74, 6) is 0.